The third kappa shape index (κ3) is 5.43. The van der Waals surface area contributed by atoms with Gasteiger partial charge in [0.15, 0.2) is 0 Å². The number of hydrogen-bond donors (Lipinski definition) is 1. The number of halogens is 1. The van der Waals surface area contributed by atoms with E-state index in [1.807, 2.05) is 32.0 Å². The fraction of sp³-hybridized carbons (Fsp3) is 0.500. The first-order chi connectivity index (χ1) is 15.0. The van der Waals surface area contributed by atoms with Crippen molar-refractivity contribution in [3.8, 4) is 5.75 Å². The average molecular weight is 488 g/mol. The van der Waals surface area contributed by atoms with Crippen LogP contribution in [0.1, 0.15) is 69.6 Å². The lowest BCUT2D eigenvalue weighted by atomic mass is 9.72. The Labute approximate surface area is 194 Å². The molecule has 3 unspecified atom stereocenters. The fourth-order valence-electron chi connectivity index (χ4n) is 4.62. The average Bonchev–Trinajstić information content (AvgIpc) is 2.79. The molecule has 1 aliphatic carbocycles. The van der Waals surface area contributed by atoms with Crippen LogP contribution in [0.3, 0.4) is 0 Å². The van der Waals surface area contributed by atoms with E-state index < -0.39 is 6.04 Å². The Kier molecular flexibility index (Phi) is 8.42. The van der Waals surface area contributed by atoms with Crippen LogP contribution in [0.2, 0.25) is 0 Å². The van der Waals surface area contributed by atoms with E-state index in [-0.39, 0.29) is 5.97 Å². The third-order valence-corrected chi connectivity index (χ3v) is 7.18. The summed E-state index contributed by atoms with van der Waals surface area (Å²) >= 11 is 3.86. The van der Waals surface area contributed by atoms with Gasteiger partial charge in [-0.15, -0.1) is 0 Å². The normalized spacial score (nSPS) is 18.7. The maximum atomic E-state index is 12.3. The molecule has 4 nitrogen and oxygen atoms in total. The van der Waals surface area contributed by atoms with Crippen molar-refractivity contribution in [2.75, 3.05) is 11.9 Å². The van der Waals surface area contributed by atoms with Crippen molar-refractivity contribution < 1.29 is 14.3 Å². The molecule has 0 aromatic heterocycles. The van der Waals surface area contributed by atoms with Crippen LogP contribution in [0, 0.1) is 5.92 Å². The summed E-state index contributed by atoms with van der Waals surface area (Å²) in [5.74, 6) is 1.74. The number of hydrogen-bond acceptors (Lipinski definition) is 4. The van der Waals surface area contributed by atoms with Crippen LogP contribution in [-0.2, 0) is 22.6 Å². The molecule has 1 aliphatic rings. The van der Waals surface area contributed by atoms with E-state index in [0.717, 1.165) is 34.3 Å². The number of anilines is 1. The summed E-state index contributed by atoms with van der Waals surface area (Å²) in [6.45, 7) is 9.05. The molecule has 168 valence electrons. The monoisotopic (exact) mass is 487 g/mol. The molecule has 0 aliphatic heterocycles. The smallest absolute Gasteiger partial charge is 0.328 e. The molecule has 0 amide bonds. The van der Waals surface area contributed by atoms with Crippen molar-refractivity contribution in [1.82, 2.24) is 0 Å². The third-order valence-electron chi connectivity index (χ3n) is 6.30. The molecular weight excluding hydrogens is 454 g/mol. The minimum atomic E-state index is -0.470. The van der Waals surface area contributed by atoms with Gasteiger partial charge in [-0.2, -0.15) is 0 Å². The molecule has 0 bridgehead atoms. The predicted molar refractivity (Wildman–Crippen MR) is 130 cm³/mol. The van der Waals surface area contributed by atoms with Gasteiger partial charge >= 0.3 is 5.97 Å². The number of ether oxygens (including phenoxy) is 2. The van der Waals surface area contributed by atoms with Crippen molar-refractivity contribution in [3.05, 3.63) is 57.6 Å². The SMILES string of the molecule is CCOC(=O)C(C)Nc1c(OCc2ccccc2)cc2c(c1Br)CCC(CC)C2CC. The van der Waals surface area contributed by atoms with E-state index in [1.165, 1.54) is 24.0 Å². The van der Waals surface area contributed by atoms with Crippen molar-refractivity contribution in [2.24, 2.45) is 5.92 Å². The molecule has 1 N–H and O–H groups in total. The zero-order chi connectivity index (χ0) is 22.4. The number of carbonyl (C=O) groups excluding carboxylic acids is 1. The van der Waals surface area contributed by atoms with Crippen LogP contribution >= 0.6 is 15.9 Å². The molecule has 31 heavy (non-hydrogen) atoms. The molecule has 3 atom stereocenters. The largest absolute Gasteiger partial charge is 0.487 e. The van der Waals surface area contributed by atoms with E-state index in [2.05, 4.69) is 53.3 Å². The standard InChI is InChI=1S/C26H34BrNO3/c1-5-19-13-14-21-22(20(19)6-2)15-23(31-16-18-11-9-8-10-12-18)25(24(21)27)28-17(4)26(29)30-7-3/h8-12,15,17,19-20,28H,5-7,13-14,16H2,1-4H3. The Balaban J connectivity index is 1.99. The van der Waals surface area contributed by atoms with Gasteiger partial charge in [0.1, 0.15) is 18.4 Å². The quantitative estimate of drug-likeness (QED) is 0.392. The molecule has 2 aromatic rings. The van der Waals surface area contributed by atoms with Gasteiger partial charge in [0, 0.05) is 4.47 Å². The Morgan fingerprint density at radius 1 is 1.19 bits per heavy atom. The van der Waals surface area contributed by atoms with Crippen LogP contribution in [-0.4, -0.2) is 18.6 Å². The van der Waals surface area contributed by atoms with Crippen LogP contribution < -0.4 is 10.1 Å². The molecule has 0 saturated heterocycles. The second-order valence-electron chi connectivity index (χ2n) is 8.25. The first-order valence-electron chi connectivity index (χ1n) is 11.4. The van der Waals surface area contributed by atoms with E-state index in [0.29, 0.717) is 25.0 Å². The summed E-state index contributed by atoms with van der Waals surface area (Å²) in [6, 6.07) is 11.9. The topological polar surface area (TPSA) is 47.6 Å². The molecular formula is C26H34BrNO3. The highest BCUT2D eigenvalue weighted by Gasteiger charge is 2.31. The Bertz CT molecular complexity index is 884. The van der Waals surface area contributed by atoms with Crippen LogP contribution in [0.25, 0.3) is 0 Å². The number of fused-ring (bicyclic) bond motifs is 1. The summed E-state index contributed by atoms with van der Waals surface area (Å²) in [4.78, 5) is 12.3. The summed E-state index contributed by atoms with van der Waals surface area (Å²) in [5, 5.41) is 3.36. The van der Waals surface area contributed by atoms with Gasteiger partial charge in [-0.3, -0.25) is 0 Å². The van der Waals surface area contributed by atoms with Crippen LogP contribution in [0.5, 0.6) is 5.75 Å². The van der Waals surface area contributed by atoms with Crippen molar-refractivity contribution >= 4 is 27.6 Å². The lowest BCUT2D eigenvalue weighted by molar-refractivity contribution is -0.143. The first kappa shape index (κ1) is 23.6. The molecule has 2 aromatic carbocycles. The molecule has 5 heteroatoms. The number of rotatable bonds is 9. The summed E-state index contributed by atoms with van der Waals surface area (Å²) in [5.41, 5.74) is 4.66. The summed E-state index contributed by atoms with van der Waals surface area (Å²) in [6.07, 6.45) is 4.53. The van der Waals surface area contributed by atoms with Gasteiger partial charge in [-0.05, 0) is 83.6 Å². The molecule has 3 rings (SSSR count). The van der Waals surface area contributed by atoms with Gasteiger partial charge in [0.05, 0.1) is 12.3 Å². The number of esters is 1. The Morgan fingerprint density at radius 2 is 1.94 bits per heavy atom. The minimum Gasteiger partial charge on any atom is -0.487 e. The minimum absolute atomic E-state index is 0.265. The van der Waals surface area contributed by atoms with Gasteiger partial charge < -0.3 is 14.8 Å². The van der Waals surface area contributed by atoms with E-state index in [1.54, 1.807) is 0 Å². The van der Waals surface area contributed by atoms with Gasteiger partial charge in [-0.1, -0.05) is 50.6 Å². The van der Waals surface area contributed by atoms with Crippen molar-refractivity contribution in [1.29, 1.82) is 0 Å². The molecule has 0 heterocycles. The second-order valence-corrected chi connectivity index (χ2v) is 9.04. The van der Waals surface area contributed by atoms with E-state index >= 15 is 0 Å². The molecule has 0 fully saturated rings. The fourth-order valence-corrected chi connectivity index (χ4v) is 5.36. The maximum absolute atomic E-state index is 12.3. The summed E-state index contributed by atoms with van der Waals surface area (Å²) < 4.78 is 12.5. The lowest BCUT2D eigenvalue weighted by Gasteiger charge is -2.34. The number of benzene rings is 2. The van der Waals surface area contributed by atoms with Crippen molar-refractivity contribution in [2.45, 2.75) is 71.9 Å². The zero-order valence-corrected chi connectivity index (χ0v) is 20.6. The van der Waals surface area contributed by atoms with E-state index in [9.17, 15) is 4.79 Å². The number of carbonyl (C=O) groups is 1. The summed E-state index contributed by atoms with van der Waals surface area (Å²) in [7, 11) is 0. The highest BCUT2D eigenvalue weighted by Crippen LogP contribution is 2.48. The van der Waals surface area contributed by atoms with Gasteiger partial charge in [0.2, 0.25) is 0 Å². The first-order valence-corrected chi connectivity index (χ1v) is 12.2. The second kappa shape index (κ2) is 11.0. The Morgan fingerprint density at radius 3 is 2.58 bits per heavy atom. The van der Waals surface area contributed by atoms with E-state index in [4.69, 9.17) is 9.47 Å². The zero-order valence-electron chi connectivity index (χ0n) is 19.0. The maximum Gasteiger partial charge on any atom is 0.328 e. The predicted octanol–water partition coefficient (Wildman–Crippen LogP) is 6.86. The molecule has 0 radical (unpaired) electrons. The highest BCUT2D eigenvalue weighted by molar-refractivity contribution is 9.10. The Hall–Kier alpha value is -2.01. The molecule has 0 spiro atoms. The highest BCUT2D eigenvalue weighted by atomic mass is 79.9. The van der Waals surface area contributed by atoms with Crippen molar-refractivity contribution in [3.63, 3.8) is 0 Å². The van der Waals surface area contributed by atoms with Gasteiger partial charge in [0.25, 0.3) is 0 Å². The van der Waals surface area contributed by atoms with Crippen LogP contribution in [0.4, 0.5) is 5.69 Å². The number of nitrogens with one attached hydrogen (secondary N) is 1. The lowest BCUT2D eigenvalue weighted by Crippen LogP contribution is -2.29. The molecule has 0 saturated carbocycles. The van der Waals surface area contributed by atoms with Gasteiger partial charge in [-0.25, -0.2) is 4.79 Å². The van der Waals surface area contributed by atoms with Crippen LogP contribution in [0.15, 0.2) is 40.9 Å².